The van der Waals surface area contributed by atoms with Crippen molar-refractivity contribution in [2.45, 2.75) is 69.4 Å². The molecule has 0 radical (unpaired) electrons. The Kier molecular flexibility index (Phi) is 9.80. The number of anilines is 2. The summed E-state index contributed by atoms with van der Waals surface area (Å²) in [6.45, 7) is 6.81. The number of fused-ring (bicyclic) bond motifs is 3. The summed E-state index contributed by atoms with van der Waals surface area (Å²) >= 11 is 0. The highest BCUT2D eigenvalue weighted by Crippen LogP contribution is 2.45. The molecule has 15 nitrogen and oxygen atoms in total. The largest absolute Gasteiger partial charge is 0.492 e. The van der Waals surface area contributed by atoms with Gasteiger partial charge in [-0.3, -0.25) is 24.6 Å². The lowest BCUT2D eigenvalue weighted by Gasteiger charge is -2.37. The smallest absolute Gasteiger partial charge is 0.255 e. The number of piperidine rings is 1. The lowest BCUT2D eigenvalue weighted by molar-refractivity contribution is -0.138. The lowest BCUT2D eigenvalue weighted by Crippen LogP contribution is -2.52. The monoisotopic (exact) mass is 741 g/mol. The number of carbonyl (C=O) groups is 3. The number of pyridine rings is 2. The van der Waals surface area contributed by atoms with Crippen LogP contribution in [-0.2, 0) is 15.0 Å². The highest BCUT2D eigenvalue weighted by atomic mass is 16.5. The lowest BCUT2D eigenvalue weighted by atomic mass is 9.75. The van der Waals surface area contributed by atoms with Crippen LogP contribution in [0.3, 0.4) is 0 Å². The number of nitrogens with one attached hydrogen (secondary N) is 3. The van der Waals surface area contributed by atoms with Gasteiger partial charge in [-0.05, 0) is 70.0 Å². The van der Waals surface area contributed by atoms with Gasteiger partial charge >= 0.3 is 0 Å². The molecule has 282 valence electrons. The summed E-state index contributed by atoms with van der Waals surface area (Å²) in [6, 6.07) is 13.3. The second-order valence-electron chi connectivity index (χ2n) is 15.1. The number of imide groups is 1. The van der Waals surface area contributed by atoms with Crippen molar-refractivity contribution in [3.8, 4) is 23.7 Å². The molecular weight excluding hydrogens is 699 g/mol. The van der Waals surface area contributed by atoms with Crippen molar-refractivity contribution in [1.29, 1.82) is 10.5 Å². The number of amides is 3. The van der Waals surface area contributed by atoms with E-state index in [1.165, 1.54) is 12.4 Å². The molecule has 0 unspecified atom stereocenters. The highest BCUT2D eigenvalue weighted by molar-refractivity contribution is 6.04. The summed E-state index contributed by atoms with van der Waals surface area (Å²) in [7, 11) is 0. The van der Waals surface area contributed by atoms with Crippen molar-refractivity contribution in [1.82, 2.24) is 35.3 Å². The normalized spacial score (nSPS) is 23.0. The maximum Gasteiger partial charge on any atom is 0.255 e. The molecule has 8 rings (SSSR count). The quantitative estimate of drug-likeness (QED) is 0.212. The maximum absolute atomic E-state index is 13.6. The first kappa shape index (κ1) is 35.9. The number of hydrogen-bond acceptors (Lipinski definition) is 12. The van der Waals surface area contributed by atoms with E-state index in [9.17, 15) is 24.9 Å². The Morgan fingerprint density at radius 3 is 2.64 bits per heavy atom. The summed E-state index contributed by atoms with van der Waals surface area (Å²) in [6.07, 6.45) is 10.4. The van der Waals surface area contributed by atoms with Crippen molar-refractivity contribution < 1.29 is 19.1 Å². The van der Waals surface area contributed by atoms with E-state index >= 15 is 0 Å². The molecule has 1 saturated carbocycles. The van der Waals surface area contributed by atoms with Crippen molar-refractivity contribution >= 4 is 40.1 Å². The number of piperazine rings is 1. The Bertz CT molecular complexity index is 2230. The molecule has 1 aromatic carbocycles. The zero-order chi connectivity index (χ0) is 38.1. The van der Waals surface area contributed by atoms with E-state index in [0.717, 1.165) is 81.8 Å². The topological polar surface area (TPSA) is 194 Å². The van der Waals surface area contributed by atoms with Crippen LogP contribution in [-0.4, -0.2) is 93.8 Å². The third-order valence-electron chi connectivity index (χ3n) is 11.6. The summed E-state index contributed by atoms with van der Waals surface area (Å²) in [5.74, 6) is 1.07. The fourth-order valence-corrected chi connectivity index (χ4v) is 8.37. The van der Waals surface area contributed by atoms with Crippen LogP contribution >= 0.6 is 0 Å². The Balaban J connectivity index is 0.816. The first-order valence-electron chi connectivity index (χ1n) is 19.0. The first-order chi connectivity index (χ1) is 26.7. The van der Waals surface area contributed by atoms with E-state index in [0.29, 0.717) is 52.4 Å². The van der Waals surface area contributed by atoms with Crippen molar-refractivity contribution in [3.05, 3.63) is 65.6 Å². The van der Waals surface area contributed by atoms with Crippen molar-refractivity contribution in [2.75, 3.05) is 49.5 Å². The molecule has 1 spiro atoms. The van der Waals surface area contributed by atoms with Crippen molar-refractivity contribution in [2.24, 2.45) is 5.92 Å². The van der Waals surface area contributed by atoms with Gasteiger partial charge in [0, 0.05) is 79.8 Å². The van der Waals surface area contributed by atoms with Crippen LogP contribution in [0, 0.1) is 28.6 Å². The Labute approximate surface area is 318 Å². The van der Waals surface area contributed by atoms with Crippen LogP contribution in [0.2, 0.25) is 0 Å². The predicted molar refractivity (Wildman–Crippen MR) is 203 cm³/mol. The zero-order valence-electron chi connectivity index (χ0n) is 30.8. The molecule has 1 aliphatic carbocycles. The minimum atomic E-state index is -0.768. The number of nitriles is 2. The van der Waals surface area contributed by atoms with Crippen LogP contribution in [0.5, 0.6) is 5.75 Å². The van der Waals surface area contributed by atoms with Gasteiger partial charge < -0.3 is 20.3 Å². The van der Waals surface area contributed by atoms with E-state index in [2.05, 4.69) is 59.0 Å². The molecule has 15 heteroatoms. The van der Waals surface area contributed by atoms with Gasteiger partial charge in [-0.15, -0.1) is 0 Å². The van der Waals surface area contributed by atoms with Gasteiger partial charge in [0.05, 0.1) is 29.1 Å². The van der Waals surface area contributed by atoms with Gasteiger partial charge in [-0.1, -0.05) is 6.07 Å². The Hall–Kier alpha value is -6.06. The summed E-state index contributed by atoms with van der Waals surface area (Å²) in [4.78, 5) is 51.9. The Morgan fingerprint density at radius 1 is 1.05 bits per heavy atom. The molecule has 2 atom stereocenters. The zero-order valence-corrected chi connectivity index (χ0v) is 30.8. The number of hydrogen-bond donors (Lipinski definition) is 3. The second kappa shape index (κ2) is 15.0. The molecule has 2 saturated heterocycles. The van der Waals surface area contributed by atoms with E-state index in [1.807, 2.05) is 12.1 Å². The van der Waals surface area contributed by atoms with Crippen molar-refractivity contribution in [3.63, 3.8) is 0 Å². The first-order valence-corrected chi connectivity index (χ1v) is 19.0. The molecular formula is C40H43N11O4. The molecule has 0 bridgehead atoms. The maximum atomic E-state index is 13.6. The molecule has 3 fully saturated rings. The minimum Gasteiger partial charge on any atom is -0.492 e. The number of ether oxygens (including phenoxy) is 1. The summed E-state index contributed by atoms with van der Waals surface area (Å²) in [5.41, 5.74) is 3.00. The number of benzene rings is 1. The summed E-state index contributed by atoms with van der Waals surface area (Å²) < 4.78 is 7.55. The fraction of sp³-hybridized carbons (Fsp3) is 0.450. The van der Waals surface area contributed by atoms with E-state index < -0.39 is 11.5 Å². The second-order valence-corrected chi connectivity index (χ2v) is 15.1. The summed E-state index contributed by atoms with van der Waals surface area (Å²) in [5, 5.41) is 32.7. The van der Waals surface area contributed by atoms with Crippen LogP contribution in [0.25, 0.3) is 16.9 Å². The predicted octanol–water partition coefficient (Wildman–Crippen LogP) is 3.58. The third-order valence-corrected chi connectivity index (χ3v) is 11.6. The van der Waals surface area contributed by atoms with Gasteiger partial charge in [0.15, 0.2) is 11.5 Å². The molecule has 4 aliphatic rings. The van der Waals surface area contributed by atoms with Gasteiger partial charge in [-0.2, -0.15) is 20.3 Å². The molecule has 6 heterocycles. The molecule has 4 aromatic rings. The molecule has 55 heavy (non-hydrogen) atoms. The third kappa shape index (κ3) is 7.15. The van der Waals surface area contributed by atoms with Crippen LogP contribution in [0.4, 0.5) is 11.4 Å². The SMILES string of the molecule is C[C@H](C#N)Nc1cc(-n2ncc3cc(C#N)cnc32)ncc1C(=O)NC1CCC(CCN2CCN(c3ccc4c(c3)OC[C@@]43CCC(=O)NC3=O)CC2)CC1. The van der Waals surface area contributed by atoms with Crippen LogP contribution < -0.4 is 25.6 Å². The number of aromatic nitrogens is 4. The molecule has 3 N–H and O–H groups in total. The average molecular weight is 742 g/mol. The van der Waals surface area contributed by atoms with Gasteiger partial charge in [0.1, 0.15) is 29.9 Å². The molecule has 3 aromatic heterocycles. The van der Waals surface area contributed by atoms with Crippen LogP contribution in [0.1, 0.15) is 73.4 Å². The average Bonchev–Trinajstić information content (AvgIpc) is 3.81. The van der Waals surface area contributed by atoms with Gasteiger partial charge in [0.2, 0.25) is 11.8 Å². The standard InChI is InChI=1S/C40H43N11O4/c1-25(19-41)46-33-18-35(51-37-28(22-45-51)16-27(20-42)21-44-37)43-23-31(33)38(53)47-29-4-2-26(3-5-29)9-11-49-12-14-50(15-13-49)30-6-7-32-34(17-30)55-24-40(32)10-8-36(52)48-39(40)54/h6-7,16-18,21-23,25-26,29H,2-5,8-15,24H2,1H3,(H,43,46)(H,47,53)(H,48,52,54)/t25-,26?,29?,40+/m1/s1. The highest BCUT2D eigenvalue weighted by Gasteiger charge is 2.50. The molecule has 3 amide bonds. The van der Waals surface area contributed by atoms with E-state index in [1.54, 1.807) is 29.9 Å². The number of nitrogens with zero attached hydrogens (tertiary/aromatic N) is 8. The Morgan fingerprint density at radius 2 is 1.87 bits per heavy atom. The van der Waals surface area contributed by atoms with Gasteiger partial charge in [-0.25, -0.2) is 9.97 Å². The van der Waals surface area contributed by atoms with Crippen LogP contribution in [0.15, 0.2) is 48.9 Å². The molecule has 3 aliphatic heterocycles. The van der Waals surface area contributed by atoms with E-state index in [4.69, 9.17) is 4.74 Å². The fourth-order valence-electron chi connectivity index (χ4n) is 8.37. The number of rotatable bonds is 9. The van der Waals surface area contributed by atoms with E-state index in [-0.39, 0.29) is 30.4 Å². The minimum absolute atomic E-state index is 0.0583. The van der Waals surface area contributed by atoms with Gasteiger partial charge in [0.25, 0.3) is 5.91 Å². The number of carbonyl (C=O) groups excluding carboxylic acids is 3.